The number of hydrogen-bond acceptors (Lipinski definition) is 4. The van der Waals surface area contributed by atoms with Crippen LogP contribution in [-0.2, 0) is 0 Å². The Balaban J connectivity index is 1.86. The first-order valence-electron chi connectivity index (χ1n) is 7.32. The molecule has 25 heavy (non-hydrogen) atoms. The Morgan fingerprint density at radius 1 is 1.16 bits per heavy atom. The zero-order valence-electron chi connectivity index (χ0n) is 13.1. The molecular weight excluding hydrogens is 435 g/mol. The van der Waals surface area contributed by atoms with Crippen molar-refractivity contribution < 1.29 is 19.2 Å². The number of benzene rings is 2. The van der Waals surface area contributed by atoms with Crippen molar-refractivity contribution in [2.24, 2.45) is 0 Å². The molecule has 0 radical (unpaired) electrons. The number of nitrogens with zero attached hydrogens (tertiary/aromatic N) is 1. The lowest BCUT2D eigenvalue weighted by Crippen LogP contribution is -2.15. The average molecular weight is 448 g/mol. The number of aryl methyl sites for hydroxylation is 1. The van der Waals surface area contributed by atoms with Crippen molar-refractivity contribution in [3.8, 4) is 11.3 Å². The maximum absolute atomic E-state index is 12.4. The zero-order valence-corrected chi connectivity index (χ0v) is 15.3. The van der Waals surface area contributed by atoms with Gasteiger partial charge in [0, 0.05) is 15.2 Å². The van der Waals surface area contributed by atoms with Gasteiger partial charge in [-0.3, -0.25) is 4.79 Å². The van der Waals surface area contributed by atoms with Crippen molar-refractivity contribution in [2.75, 3.05) is 5.32 Å². The summed E-state index contributed by atoms with van der Waals surface area (Å²) in [6, 6.07) is 13.9. The number of carbonyl (C=O) groups is 2. The molecule has 2 aromatic carbocycles. The van der Waals surface area contributed by atoms with Crippen LogP contribution in [0.25, 0.3) is 11.3 Å². The summed E-state index contributed by atoms with van der Waals surface area (Å²) in [5, 5.41) is 15.6. The minimum atomic E-state index is -1.12. The highest BCUT2D eigenvalue weighted by Gasteiger charge is 2.18. The van der Waals surface area contributed by atoms with Crippen LogP contribution in [0.2, 0.25) is 0 Å². The van der Waals surface area contributed by atoms with Gasteiger partial charge >= 0.3 is 5.97 Å². The molecule has 0 bridgehead atoms. The van der Waals surface area contributed by atoms with Crippen molar-refractivity contribution in [1.82, 2.24) is 5.16 Å². The van der Waals surface area contributed by atoms with E-state index in [9.17, 15) is 14.7 Å². The molecule has 7 heteroatoms. The van der Waals surface area contributed by atoms with Crippen LogP contribution in [0.15, 0.2) is 53.1 Å². The summed E-state index contributed by atoms with van der Waals surface area (Å²) in [6.45, 7) is 1.93. The molecule has 0 unspecified atom stereocenters. The van der Waals surface area contributed by atoms with E-state index in [0.29, 0.717) is 5.76 Å². The summed E-state index contributed by atoms with van der Waals surface area (Å²) in [6.07, 6.45) is 0. The van der Waals surface area contributed by atoms with Crippen LogP contribution in [-0.4, -0.2) is 22.1 Å². The Bertz CT molecular complexity index is 965. The van der Waals surface area contributed by atoms with Crippen LogP contribution in [0.1, 0.15) is 26.4 Å². The van der Waals surface area contributed by atoms with Gasteiger partial charge in [0.05, 0.1) is 11.3 Å². The van der Waals surface area contributed by atoms with Gasteiger partial charge < -0.3 is 14.9 Å². The third-order valence-corrected chi connectivity index (χ3v) is 4.28. The highest BCUT2D eigenvalue weighted by Crippen LogP contribution is 2.25. The summed E-state index contributed by atoms with van der Waals surface area (Å²) in [7, 11) is 0. The quantitative estimate of drug-likeness (QED) is 0.584. The second-order valence-electron chi connectivity index (χ2n) is 5.34. The van der Waals surface area contributed by atoms with Gasteiger partial charge in [-0.1, -0.05) is 29.4 Å². The van der Waals surface area contributed by atoms with Crippen LogP contribution < -0.4 is 5.32 Å². The number of amides is 1. The number of aromatic carboxylic acids is 1. The molecule has 0 aliphatic rings. The Morgan fingerprint density at radius 2 is 1.92 bits per heavy atom. The smallest absolute Gasteiger partial charge is 0.337 e. The van der Waals surface area contributed by atoms with Crippen molar-refractivity contribution in [2.45, 2.75) is 6.92 Å². The number of carbonyl (C=O) groups excluding carboxylic acids is 1. The maximum atomic E-state index is 12.4. The van der Waals surface area contributed by atoms with Crippen LogP contribution in [0.3, 0.4) is 0 Å². The predicted molar refractivity (Wildman–Crippen MR) is 101 cm³/mol. The van der Waals surface area contributed by atoms with E-state index < -0.39 is 11.9 Å². The lowest BCUT2D eigenvalue weighted by molar-refractivity contribution is 0.0698. The Hall–Kier alpha value is -2.68. The molecule has 3 rings (SSSR count). The Labute approximate surface area is 157 Å². The minimum Gasteiger partial charge on any atom is -0.478 e. The largest absolute Gasteiger partial charge is 0.478 e. The number of halogens is 1. The van der Waals surface area contributed by atoms with Gasteiger partial charge in [0.15, 0.2) is 11.5 Å². The van der Waals surface area contributed by atoms with Crippen LogP contribution in [0.5, 0.6) is 0 Å². The molecule has 1 heterocycles. The van der Waals surface area contributed by atoms with E-state index in [1.54, 1.807) is 12.1 Å². The first kappa shape index (κ1) is 17.2. The molecule has 0 fully saturated rings. The molecule has 0 aliphatic carbocycles. The molecule has 0 atom stereocenters. The highest BCUT2D eigenvalue weighted by atomic mass is 127. The standard InChI is InChI=1S/C18H13IN2O4/c1-10-4-2-3-5-12(10)16-9-15(21-25-16)17(22)20-14-7-6-11(19)8-13(14)18(23)24/h2-9H,1H3,(H,20,22)(H,23,24). The summed E-state index contributed by atoms with van der Waals surface area (Å²) in [5.74, 6) is -1.17. The summed E-state index contributed by atoms with van der Waals surface area (Å²) in [5.41, 5.74) is 2.14. The predicted octanol–water partition coefficient (Wildman–Crippen LogP) is 4.21. The van der Waals surface area contributed by atoms with E-state index in [0.717, 1.165) is 14.7 Å². The third kappa shape index (κ3) is 3.71. The van der Waals surface area contributed by atoms with Crippen LogP contribution in [0.4, 0.5) is 5.69 Å². The number of hydrogen-bond donors (Lipinski definition) is 2. The zero-order chi connectivity index (χ0) is 18.0. The number of nitrogens with one attached hydrogen (secondary N) is 1. The third-order valence-electron chi connectivity index (χ3n) is 3.61. The maximum Gasteiger partial charge on any atom is 0.337 e. The highest BCUT2D eigenvalue weighted by molar-refractivity contribution is 14.1. The molecule has 126 valence electrons. The fraction of sp³-hybridized carbons (Fsp3) is 0.0556. The molecule has 1 aromatic heterocycles. The van der Waals surface area contributed by atoms with Crippen molar-refractivity contribution >= 4 is 40.2 Å². The lowest BCUT2D eigenvalue weighted by atomic mass is 10.1. The number of anilines is 1. The Kier molecular flexibility index (Phi) is 4.84. The number of carboxylic acids is 1. The lowest BCUT2D eigenvalue weighted by Gasteiger charge is -2.07. The second kappa shape index (κ2) is 7.06. The SMILES string of the molecule is Cc1ccccc1-c1cc(C(=O)Nc2ccc(I)cc2C(=O)O)no1. The van der Waals surface area contributed by atoms with E-state index in [1.165, 1.54) is 12.1 Å². The van der Waals surface area contributed by atoms with Crippen molar-refractivity contribution in [3.63, 3.8) is 0 Å². The summed E-state index contributed by atoms with van der Waals surface area (Å²) < 4.78 is 6.02. The minimum absolute atomic E-state index is 0.0165. The number of rotatable bonds is 4. The Morgan fingerprint density at radius 3 is 2.64 bits per heavy atom. The van der Waals surface area contributed by atoms with Gasteiger partial charge in [0.1, 0.15) is 0 Å². The van der Waals surface area contributed by atoms with Gasteiger partial charge in [-0.25, -0.2) is 4.79 Å². The van der Waals surface area contributed by atoms with Gasteiger partial charge in [0.25, 0.3) is 5.91 Å². The van der Waals surface area contributed by atoms with Crippen LogP contribution >= 0.6 is 22.6 Å². The number of carboxylic acid groups (broad SMARTS) is 1. The van der Waals surface area contributed by atoms with E-state index in [-0.39, 0.29) is 16.9 Å². The fourth-order valence-corrected chi connectivity index (χ4v) is 2.84. The molecule has 0 aliphatic heterocycles. The molecule has 3 aromatic rings. The molecule has 2 N–H and O–H groups in total. The average Bonchev–Trinajstić information content (AvgIpc) is 3.06. The summed E-state index contributed by atoms with van der Waals surface area (Å²) >= 11 is 2.01. The molecular formula is C18H13IN2O4. The van der Waals surface area contributed by atoms with Gasteiger partial charge in [-0.05, 0) is 53.3 Å². The van der Waals surface area contributed by atoms with Crippen molar-refractivity contribution in [3.05, 3.63) is 68.9 Å². The topological polar surface area (TPSA) is 92.4 Å². The first-order valence-corrected chi connectivity index (χ1v) is 8.40. The van der Waals surface area contributed by atoms with Crippen LogP contribution in [0, 0.1) is 10.5 Å². The van der Waals surface area contributed by atoms with Gasteiger partial charge in [-0.15, -0.1) is 0 Å². The monoisotopic (exact) mass is 448 g/mol. The van der Waals surface area contributed by atoms with E-state index in [2.05, 4.69) is 10.5 Å². The summed E-state index contributed by atoms with van der Waals surface area (Å²) in [4.78, 5) is 23.7. The fourth-order valence-electron chi connectivity index (χ4n) is 2.35. The van der Waals surface area contributed by atoms with E-state index >= 15 is 0 Å². The first-order chi connectivity index (χ1) is 12.0. The molecule has 1 amide bonds. The molecule has 0 spiro atoms. The molecule has 0 saturated carbocycles. The number of aromatic nitrogens is 1. The normalized spacial score (nSPS) is 10.5. The second-order valence-corrected chi connectivity index (χ2v) is 6.59. The molecule has 6 nitrogen and oxygen atoms in total. The van der Waals surface area contributed by atoms with E-state index in [4.69, 9.17) is 4.52 Å². The molecule has 0 saturated heterocycles. The van der Waals surface area contributed by atoms with Crippen molar-refractivity contribution in [1.29, 1.82) is 0 Å². The van der Waals surface area contributed by atoms with Gasteiger partial charge in [-0.2, -0.15) is 0 Å². The van der Waals surface area contributed by atoms with E-state index in [1.807, 2.05) is 53.8 Å². The van der Waals surface area contributed by atoms with Gasteiger partial charge in [0.2, 0.25) is 0 Å².